The molecule has 1 aliphatic heterocycles. The minimum absolute atomic E-state index is 0.313. The first-order valence-corrected chi connectivity index (χ1v) is 12.3. The van der Waals surface area contributed by atoms with Crippen LogP contribution < -0.4 is 4.90 Å². The molecule has 0 N–H and O–H groups in total. The number of carbonyl (C=O) groups excluding carboxylic acids is 1. The zero-order valence-corrected chi connectivity index (χ0v) is 19.0. The van der Waals surface area contributed by atoms with Crippen molar-refractivity contribution in [3.05, 3.63) is 16.3 Å². The van der Waals surface area contributed by atoms with E-state index < -0.39 is 0 Å². The van der Waals surface area contributed by atoms with Gasteiger partial charge in [-0.05, 0) is 44.1 Å². The van der Waals surface area contributed by atoms with E-state index in [0.29, 0.717) is 18.2 Å². The van der Waals surface area contributed by atoms with E-state index in [1.54, 1.807) is 0 Å². The summed E-state index contributed by atoms with van der Waals surface area (Å²) in [6.45, 7) is 9.92. The summed E-state index contributed by atoms with van der Waals surface area (Å²) in [6.07, 6.45) is 8.71. The molecular formula is C23H34N4OS. The van der Waals surface area contributed by atoms with E-state index in [0.717, 1.165) is 63.5 Å². The molecule has 2 aliphatic rings. The van der Waals surface area contributed by atoms with Crippen molar-refractivity contribution in [1.82, 2.24) is 14.9 Å². The number of hydrogen-bond donors (Lipinski definition) is 0. The van der Waals surface area contributed by atoms with Crippen molar-refractivity contribution in [2.24, 2.45) is 0 Å². The van der Waals surface area contributed by atoms with E-state index in [2.05, 4.69) is 25.7 Å². The second kappa shape index (κ2) is 8.99. The number of thiophene rings is 1. The van der Waals surface area contributed by atoms with Crippen molar-refractivity contribution in [1.29, 1.82) is 0 Å². The van der Waals surface area contributed by atoms with Gasteiger partial charge >= 0.3 is 0 Å². The van der Waals surface area contributed by atoms with Gasteiger partial charge in [0.05, 0.1) is 5.39 Å². The van der Waals surface area contributed by atoms with Gasteiger partial charge < -0.3 is 9.80 Å². The average molecular weight is 415 g/mol. The maximum atomic E-state index is 12.4. The Labute approximate surface area is 178 Å². The van der Waals surface area contributed by atoms with E-state index in [1.807, 2.05) is 16.2 Å². The van der Waals surface area contributed by atoms with Crippen LogP contribution >= 0.6 is 11.3 Å². The molecule has 4 rings (SSSR count). The van der Waals surface area contributed by atoms with Crippen molar-refractivity contribution in [2.75, 3.05) is 31.1 Å². The van der Waals surface area contributed by atoms with Crippen LogP contribution in [0.15, 0.2) is 0 Å². The quantitative estimate of drug-likeness (QED) is 0.673. The van der Waals surface area contributed by atoms with Crippen LogP contribution in [-0.2, 0) is 17.6 Å². The molecule has 0 saturated carbocycles. The molecule has 5 nitrogen and oxygen atoms in total. The lowest BCUT2D eigenvalue weighted by molar-refractivity contribution is -0.131. The van der Waals surface area contributed by atoms with E-state index in [4.69, 9.17) is 9.97 Å². The van der Waals surface area contributed by atoms with Crippen molar-refractivity contribution in [3.63, 3.8) is 0 Å². The van der Waals surface area contributed by atoms with Crippen LogP contribution in [-0.4, -0.2) is 47.0 Å². The van der Waals surface area contributed by atoms with Gasteiger partial charge in [0.25, 0.3) is 0 Å². The van der Waals surface area contributed by atoms with E-state index >= 15 is 0 Å². The van der Waals surface area contributed by atoms with Gasteiger partial charge in [-0.25, -0.2) is 9.97 Å². The van der Waals surface area contributed by atoms with E-state index in [-0.39, 0.29) is 0 Å². The highest BCUT2D eigenvalue weighted by molar-refractivity contribution is 7.19. The third-order valence-corrected chi connectivity index (χ3v) is 7.73. The molecule has 1 aliphatic carbocycles. The summed E-state index contributed by atoms with van der Waals surface area (Å²) < 4.78 is 0. The predicted octanol–water partition coefficient (Wildman–Crippen LogP) is 4.92. The number of aromatic nitrogens is 2. The monoisotopic (exact) mass is 414 g/mol. The van der Waals surface area contributed by atoms with E-state index in [1.165, 1.54) is 39.9 Å². The number of unbranched alkanes of at least 4 members (excludes halogenated alkanes) is 1. The molecule has 2 aromatic rings. The second-order valence-electron chi connectivity index (χ2n) is 8.58. The Morgan fingerprint density at radius 1 is 1.10 bits per heavy atom. The molecule has 0 unspecified atom stereocenters. The lowest BCUT2D eigenvalue weighted by atomic mass is 9.96. The third kappa shape index (κ3) is 4.14. The van der Waals surface area contributed by atoms with Gasteiger partial charge in [0, 0.05) is 43.4 Å². The van der Waals surface area contributed by atoms with Crippen LogP contribution in [0.3, 0.4) is 0 Å². The molecule has 0 spiro atoms. The number of nitrogens with zero attached hydrogens (tertiary/aromatic N) is 4. The summed E-state index contributed by atoms with van der Waals surface area (Å²) in [4.78, 5) is 29.7. The minimum atomic E-state index is 0.313. The molecule has 3 heterocycles. The van der Waals surface area contributed by atoms with Crippen LogP contribution in [0.1, 0.15) is 81.5 Å². The molecule has 0 aromatic carbocycles. The summed E-state index contributed by atoms with van der Waals surface area (Å²) in [5, 5.41) is 1.31. The maximum absolute atomic E-state index is 12.4. The fourth-order valence-electron chi connectivity index (χ4n) is 4.44. The van der Waals surface area contributed by atoms with Gasteiger partial charge in [0.1, 0.15) is 16.5 Å². The van der Waals surface area contributed by atoms with Gasteiger partial charge in [-0.15, -0.1) is 11.3 Å². The number of carbonyl (C=O) groups is 1. The topological polar surface area (TPSA) is 49.3 Å². The highest BCUT2D eigenvalue weighted by atomic mass is 32.1. The first kappa shape index (κ1) is 20.6. The third-order valence-electron chi connectivity index (χ3n) is 6.54. The van der Waals surface area contributed by atoms with Crippen LogP contribution in [0.5, 0.6) is 0 Å². The summed E-state index contributed by atoms with van der Waals surface area (Å²) in [5.74, 6) is 2.79. The summed E-state index contributed by atoms with van der Waals surface area (Å²) >= 11 is 1.89. The summed E-state index contributed by atoms with van der Waals surface area (Å²) in [7, 11) is 0. The largest absolute Gasteiger partial charge is 0.352 e. The van der Waals surface area contributed by atoms with E-state index in [9.17, 15) is 4.79 Å². The molecule has 1 atom stereocenters. The van der Waals surface area contributed by atoms with Crippen molar-refractivity contribution >= 4 is 33.3 Å². The first-order chi connectivity index (χ1) is 14.1. The van der Waals surface area contributed by atoms with Crippen molar-refractivity contribution < 1.29 is 4.79 Å². The normalized spacial score (nSPS) is 18.2. The van der Waals surface area contributed by atoms with Gasteiger partial charge in [-0.1, -0.05) is 27.2 Å². The fraction of sp³-hybridized carbons (Fsp3) is 0.696. The molecule has 158 valence electrons. The SMILES string of the molecule is CCCCC(=O)N1CCN(c2nc([C@H](C)CC)nc3sc4c(c23)CCCC4)CC1. The molecule has 1 fully saturated rings. The standard InChI is InChI=1S/C23H34N4OS/c1-4-6-11-19(28)26-12-14-27(15-13-26)22-20-17-9-7-8-10-18(17)29-23(20)25-21(24-22)16(3)5-2/h16H,4-15H2,1-3H3/t16-/m1/s1. The molecule has 0 bridgehead atoms. The zero-order valence-electron chi connectivity index (χ0n) is 18.2. The molecule has 6 heteroatoms. The lowest BCUT2D eigenvalue weighted by Gasteiger charge is -2.36. The number of anilines is 1. The van der Waals surface area contributed by atoms with Crippen LogP contribution in [0, 0.1) is 0 Å². The number of piperazine rings is 1. The Morgan fingerprint density at radius 3 is 2.59 bits per heavy atom. The molecule has 1 saturated heterocycles. The molecular weight excluding hydrogens is 380 g/mol. The van der Waals surface area contributed by atoms with Crippen LogP contribution in [0.25, 0.3) is 10.2 Å². The highest BCUT2D eigenvalue weighted by Crippen LogP contribution is 2.40. The first-order valence-electron chi connectivity index (χ1n) is 11.5. The van der Waals surface area contributed by atoms with Gasteiger partial charge in [0.2, 0.25) is 5.91 Å². The smallest absolute Gasteiger partial charge is 0.222 e. The van der Waals surface area contributed by atoms with Gasteiger partial charge in [0.15, 0.2) is 0 Å². The Hall–Kier alpha value is -1.69. The summed E-state index contributed by atoms with van der Waals surface area (Å²) in [6, 6.07) is 0. The highest BCUT2D eigenvalue weighted by Gasteiger charge is 2.27. The number of fused-ring (bicyclic) bond motifs is 3. The number of hydrogen-bond acceptors (Lipinski definition) is 5. The van der Waals surface area contributed by atoms with Gasteiger partial charge in [-0.3, -0.25) is 4.79 Å². The molecule has 1 amide bonds. The van der Waals surface area contributed by atoms with Crippen LogP contribution in [0.2, 0.25) is 0 Å². The molecule has 2 aromatic heterocycles. The molecule has 0 radical (unpaired) electrons. The number of amides is 1. The predicted molar refractivity (Wildman–Crippen MR) is 121 cm³/mol. The Morgan fingerprint density at radius 2 is 1.86 bits per heavy atom. The molecule has 29 heavy (non-hydrogen) atoms. The van der Waals surface area contributed by atoms with Crippen molar-refractivity contribution in [2.45, 2.75) is 78.1 Å². The van der Waals surface area contributed by atoms with Crippen LogP contribution in [0.4, 0.5) is 5.82 Å². The van der Waals surface area contributed by atoms with Gasteiger partial charge in [-0.2, -0.15) is 0 Å². The van der Waals surface area contributed by atoms with Crippen molar-refractivity contribution in [3.8, 4) is 0 Å². The Balaban J connectivity index is 1.64. The Kier molecular flexibility index (Phi) is 6.38. The number of rotatable bonds is 6. The fourth-order valence-corrected chi connectivity index (χ4v) is 5.70. The summed E-state index contributed by atoms with van der Waals surface area (Å²) in [5.41, 5.74) is 1.50. The Bertz CT molecular complexity index is 869. The average Bonchev–Trinajstić information content (AvgIpc) is 3.15. The maximum Gasteiger partial charge on any atom is 0.222 e. The zero-order chi connectivity index (χ0) is 20.4. The number of aryl methyl sites for hydroxylation is 2. The lowest BCUT2D eigenvalue weighted by Crippen LogP contribution is -2.49. The minimum Gasteiger partial charge on any atom is -0.352 e. The second-order valence-corrected chi connectivity index (χ2v) is 9.66.